The smallest absolute Gasteiger partial charge is 0.261 e. The lowest BCUT2D eigenvalue weighted by molar-refractivity contribution is 0.0580. The lowest BCUT2D eigenvalue weighted by atomic mass is 9.92. The fourth-order valence-electron chi connectivity index (χ4n) is 2.92. The minimum absolute atomic E-state index is 0.0576. The van der Waals surface area contributed by atoms with Gasteiger partial charge < -0.3 is 21.3 Å². The van der Waals surface area contributed by atoms with Crippen LogP contribution in [0.3, 0.4) is 0 Å². The Hall–Kier alpha value is -2.64. The van der Waals surface area contributed by atoms with Gasteiger partial charge in [0.15, 0.2) is 0 Å². The number of rotatable bonds is 5. The third kappa shape index (κ3) is 2.30. The van der Waals surface area contributed by atoms with Crippen molar-refractivity contribution in [2.75, 3.05) is 37.4 Å². The molecule has 2 aromatic carbocycles. The number of hydrogen-bond donors (Lipinski definition) is 4. The van der Waals surface area contributed by atoms with Crippen LogP contribution < -0.4 is 11.1 Å². The number of β-amino-alcohol motifs (C(OH)–C–C–N with tert-alkyl or cyclic N) is 1. The Morgan fingerprint density at radius 3 is 2.52 bits per heavy atom. The van der Waals surface area contributed by atoms with Crippen molar-refractivity contribution < 1.29 is 19.8 Å². The summed E-state index contributed by atoms with van der Waals surface area (Å²) in [6.07, 6.45) is 0. The highest BCUT2D eigenvalue weighted by atomic mass is 16.3. The van der Waals surface area contributed by atoms with Crippen molar-refractivity contribution >= 4 is 34.0 Å². The molecule has 0 saturated heterocycles. The normalized spacial score (nSPS) is 13.7. The van der Waals surface area contributed by atoms with Crippen LogP contribution in [-0.4, -0.2) is 53.2 Å². The third-order valence-corrected chi connectivity index (χ3v) is 3.88. The molecule has 5 N–H and O–H groups in total. The molecule has 0 bridgehead atoms. The van der Waals surface area contributed by atoms with Crippen molar-refractivity contribution in [2.24, 2.45) is 0 Å². The van der Waals surface area contributed by atoms with E-state index in [1.807, 2.05) is 0 Å². The van der Waals surface area contributed by atoms with Crippen molar-refractivity contribution in [3.63, 3.8) is 0 Å². The monoisotopic (exact) mass is 315 g/mol. The van der Waals surface area contributed by atoms with Gasteiger partial charge in [0.2, 0.25) is 0 Å². The number of nitrogens with two attached hydrogens (primary N) is 1. The maximum atomic E-state index is 12.6. The molecule has 0 saturated carbocycles. The van der Waals surface area contributed by atoms with E-state index in [1.165, 1.54) is 6.07 Å². The van der Waals surface area contributed by atoms with Gasteiger partial charge >= 0.3 is 0 Å². The summed E-state index contributed by atoms with van der Waals surface area (Å²) in [5.41, 5.74) is 7.75. The first-order valence-corrected chi connectivity index (χ1v) is 7.27. The van der Waals surface area contributed by atoms with Gasteiger partial charge in [0, 0.05) is 22.9 Å². The Balaban J connectivity index is 2.27. The molecule has 1 aliphatic rings. The second-order valence-corrected chi connectivity index (χ2v) is 5.25. The molecule has 23 heavy (non-hydrogen) atoms. The molecule has 1 aliphatic heterocycles. The Morgan fingerprint density at radius 2 is 1.83 bits per heavy atom. The summed E-state index contributed by atoms with van der Waals surface area (Å²) in [6, 6.07) is 6.68. The first-order chi connectivity index (χ1) is 11.1. The molecule has 7 nitrogen and oxygen atoms in total. The van der Waals surface area contributed by atoms with E-state index in [4.69, 9.17) is 15.9 Å². The number of anilines is 2. The van der Waals surface area contributed by atoms with Gasteiger partial charge in [-0.25, -0.2) is 0 Å². The molecule has 120 valence electrons. The van der Waals surface area contributed by atoms with Crippen LogP contribution in [-0.2, 0) is 0 Å². The maximum absolute atomic E-state index is 12.6. The van der Waals surface area contributed by atoms with E-state index >= 15 is 0 Å². The highest BCUT2D eigenvalue weighted by Crippen LogP contribution is 2.37. The average molecular weight is 315 g/mol. The second-order valence-electron chi connectivity index (χ2n) is 5.25. The quantitative estimate of drug-likeness (QED) is 0.469. The average Bonchev–Trinajstić information content (AvgIpc) is 2.55. The number of benzene rings is 2. The standard InChI is InChI=1S/C16H17N3O4/c17-12-8-11-13-9(14(12)18-4-6-20)2-1-3-10(13)15(22)19(5-7-21)16(11)23/h1-3,8,18,20-21H,4-7,17H2. The number of nitrogen functional groups attached to an aromatic ring is 1. The first kappa shape index (κ1) is 15.3. The molecule has 0 aromatic heterocycles. The molecule has 0 fully saturated rings. The molecule has 1 heterocycles. The zero-order chi connectivity index (χ0) is 16.6. The van der Waals surface area contributed by atoms with Crippen molar-refractivity contribution in [3.05, 3.63) is 35.4 Å². The molecule has 0 unspecified atom stereocenters. The number of nitrogens with one attached hydrogen (secondary N) is 1. The summed E-state index contributed by atoms with van der Waals surface area (Å²) < 4.78 is 0. The fraction of sp³-hybridized carbons (Fsp3) is 0.250. The molecule has 3 rings (SSSR count). The van der Waals surface area contributed by atoms with Crippen molar-refractivity contribution in [1.29, 1.82) is 0 Å². The summed E-state index contributed by atoms with van der Waals surface area (Å²) in [7, 11) is 0. The number of carbonyl (C=O) groups excluding carboxylic acids is 2. The number of carbonyl (C=O) groups is 2. The topological polar surface area (TPSA) is 116 Å². The van der Waals surface area contributed by atoms with Crippen molar-refractivity contribution in [1.82, 2.24) is 4.90 Å². The van der Waals surface area contributed by atoms with Gasteiger partial charge in [0.25, 0.3) is 11.8 Å². The van der Waals surface area contributed by atoms with Crippen LogP contribution in [0.1, 0.15) is 20.7 Å². The number of hydrogen-bond acceptors (Lipinski definition) is 6. The summed E-state index contributed by atoms with van der Waals surface area (Å²) in [5.74, 6) is -0.895. The SMILES string of the molecule is Nc1cc2c3c(cccc3c1NCCO)C(=O)N(CCO)C2=O. The van der Waals surface area contributed by atoms with Crippen LogP contribution in [0.4, 0.5) is 11.4 Å². The van der Waals surface area contributed by atoms with E-state index in [2.05, 4.69) is 5.32 Å². The fourth-order valence-corrected chi connectivity index (χ4v) is 2.92. The number of aliphatic hydroxyl groups excluding tert-OH is 2. The van der Waals surface area contributed by atoms with Gasteiger partial charge in [0.05, 0.1) is 36.7 Å². The molecule has 2 amide bonds. The van der Waals surface area contributed by atoms with Crippen LogP contribution in [0, 0.1) is 0 Å². The first-order valence-electron chi connectivity index (χ1n) is 7.27. The zero-order valence-corrected chi connectivity index (χ0v) is 12.4. The van der Waals surface area contributed by atoms with E-state index in [0.29, 0.717) is 39.8 Å². The molecule has 0 atom stereocenters. The minimum atomic E-state index is -0.465. The van der Waals surface area contributed by atoms with E-state index in [-0.39, 0.29) is 19.8 Å². The largest absolute Gasteiger partial charge is 0.397 e. The Kier molecular flexibility index (Phi) is 3.89. The lowest BCUT2D eigenvalue weighted by Gasteiger charge is -2.28. The van der Waals surface area contributed by atoms with Crippen LogP contribution >= 0.6 is 0 Å². The molecule has 2 aromatic rings. The molecule has 7 heteroatoms. The number of aliphatic hydroxyl groups is 2. The molecular formula is C16H17N3O4. The van der Waals surface area contributed by atoms with Gasteiger partial charge in [-0.05, 0) is 12.1 Å². The Labute approximate surface area is 132 Å². The molecule has 0 spiro atoms. The minimum Gasteiger partial charge on any atom is -0.397 e. The van der Waals surface area contributed by atoms with Crippen molar-refractivity contribution in [2.45, 2.75) is 0 Å². The van der Waals surface area contributed by atoms with Crippen LogP contribution in [0.25, 0.3) is 10.8 Å². The Bertz CT molecular complexity index is 804. The van der Waals surface area contributed by atoms with E-state index < -0.39 is 11.8 Å². The third-order valence-electron chi connectivity index (χ3n) is 3.88. The van der Waals surface area contributed by atoms with Gasteiger partial charge in [-0.15, -0.1) is 0 Å². The lowest BCUT2D eigenvalue weighted by Crippen LogP contribution is -2.42. The van der Waals surface area contributed by atoms with E-state index in [9.17, 15) is 9.59 Å². The number of amides is 2. The molecule has 0 radical (unpaired) electrons. The summed E-state index contributed by atoms with van der Waals surface area (Å²) in [4.78, 5) is 26.1. The summed E-state index contributed by atoms with van der Waals surface area (Å²) in [5, 5.41) is 22.3. The predicted molar refractivity (Wildman–Crippen MR) is 86.4 cm³/mol. The van der Waals surface area contributed by atoms with Crippen LogP contribution in [0.2, 0.25) is 0 Å². The van der Waals surface area contributed by atoms with Crippen molar-refractivity contribution in [3.8, 4) is 0 Å². The van der Waals surface area contributed by atoms with Gasteiger partial charge in [-0.3, -0.25) is 14.5 Å². The van der Waals surface area contributed by atoms with Gasteiger partial charge in [0.1, 0.15) is 0 Å². The van der Waals surface area contributed by atoms with Crippen LogP contribution in [0.15, 0.2) is 24.3 Å². The summed E-state index contributed by atoms with van der Waals surface area (Å²) >= 11 is 0. The predicted octanol–water partition coefficient (Wildman–Crippen LogP) is 0.415. The number of nitrogens with zero attached hydrogens (tertiary/aromatic N) is 1. The molecule has 0 aliphatic carbocycles. The van der Waals surface area contributed by atoms with E-state index in [1.54, 1.807) is 18.2 Å². The Morgan fingerprint density at radius 1 is 1.09 bits per heavy atom. The summed E-state index contributed by atoms with van der Waals surface area (Å²) in [6.45, 7) is -0.113. The maximum Gasteiger partial charge on any atom is 0.261 e. The van der Waals surface area contributed by atoms with Crippen LogP contribution in [0.5, 0.6) is 0 Å². The molecular weight excluding hydrogens is 298 g/mol. The van der Waals surface area contributed by atoms with Gasteiger partial charge in [-0.1, -0.05) is 12.1 Å². The zero-order valence-electron chi connectivity index (χ0n) is 12.4. The van der Waals surface area contributed by atoms with Gasteiger partial charge in [-0.2, -0.15) is 0 Å². The highest BCUT2D eigenvalue weighted by molar-refractivity contribution is 6.27. The second kappa shape index (κ2) is 5.86. The van der Waals surface area contributed by atoms with E-state index in [0.717, 1.165) is 4.90 Å². The number of imide groups is 1. The highest BCUT2D eigenvalue weighted by Gasteiger charge is 2.33.